The highest BCUT2D eigenvalue weighted by Gasteiger charge is 2.19. The first kappa shape index (κ1) is 14.6. The van der Waals surface area contributed by atoms with Gasteiger partial charge < -0.3 is 5.11 Å². The van der Waals surface area contributed by atoms with E-state index in [2.05, 4.69) is 31.9 Å². The van der Waals surface area contributed by atoms with Crippen molar-refractivity contribution in [3.63, 3.8) is 0 Å². The van der Waals surface area contributed by atoms with E-state index in [1.54, 1.807) is 12.1 Å². The summed E-state index contributed by atoms with van der Waals surface area (Å²) in [7, 11) is 0. The lowest BCUT2D eigenvalue weighted by Crippen LogP contribution is -2.04. The molecule has 0 radical (unpaired) electrons. The molecule has 0 aliphatic heterocycles. The first-order valence-electron chi connectivity index (χ1n) is 5.48. The van der Waals surface area contributed by atoms with E-state index in [-0.39, 0.29) is 10.0 Å². The molecule has 5 heteroatoms. The van der Waals surface area contributed by atoms with Crippen LogP contribution in [0.4, 0.5) is 8.78 Å². The fourth-order valence-electron chi connectivity index (χ4n) is 1.77. The van der Waals surface area contributed by atoms with Crippen LogP contribution in [0.25, 0.3) is 0 Å². The van der Waals surface area contributed by atoms with Gasteiger partial charge in [0.05, 0.1) is 4.47 Å². The molecule has 0 amide bonds. The molecule has 0 saturated carbocycles. The molecule has 100 valence electrons. The van der Waals surface area contributed by atoms with E-state index in [0.717, 1.165) is 17.7 Å². The van der Waals surface area contributed by atoms with Crippen molar-refractivity contribution < 1.29 is 13.9 Å². The van der Waals surface area contributed by atoms with Gasteiger partial charge in [-0.3, -0.25) is 0 Å². The number of hydrogen-bond acceptors (Lipinski definition) is 1. The molecule has 1 atom stereocenters. The number of rotatable bonds is 2. The first-order chi connectivity index (χ1) is 8.90. The normalized spacial score (nSPS) is 12.5. The van der Waals surface area contributed by atoms with Gasteiger partial charge in [-0.1, -0.05) is 28.1 Å². The molecular weight excluding hydrogens is 382 g/mol. The number of aliphatic hydroxyl groups is 1. The Hall–Kier alpha value is -0.780. The maximum Gasteiger partial charge on any atom is 0.137 e. The van der Waals surface area contributed by atoms with E-state index in [1.165, 1.54) is 0 Å². The third-order valence-electron chi connectivity index (χ3n) is 2.78. The van der Waals surface area contributed by atoms with Gasteiger partial charge in [-0.25, -0.2) is 8.78 Å². The second-order valence-electron chi connectivity index (χ2n) is 4.22. The van der Waals surface area contributed by atoms with E-state index in [4.69, 9.17) is 0 Å². The average Bonchev–Trinajstić information content (AvgIpc) is 2.33. The Morgan fingerprint density at radius 1 is 0.947 bits per heavy atom. The Balaban J connectivity index is 2.49. The molecule has 1 nitrogen and oxygen atoms in total. The molecule has 2 aromatic rings. The lowest BCUT2D eigenvalue weighted by Gasteiger charge is -2.15. The summed E-state index contributed by atoms with van der Waals surface area (Å²) in [5.74, 6) is -1.27. The van der Waals surface area contributed by atoms with Crippen molar-refractivity contribution in [1.29, 1.82) is 0 Å². The van der Waals surface area contributed by atoms with Crippen molar-refractivity contribution in [2.24, 2.45) is 0 Å². The van der Waals surface area contributed by atoms with E-state index in [0.29, 0.717) is 10.0 Å². The van der Waals surface area contributed by atoms with E-state index in [1.807, 2.05) is 13.0 Å². The minimum atomic E-state index is -1.22. The van der Waals surface area contributed by atoms with E-state index in [9.17, 15) is 13.9 Å². The van der Waals surface area contributed by atoms with Crippen LogP contribution >= 0.6 is 31.9 Å². The molecule has 0 aliphatic carbocycles. The van der Waals surface area contributed by atoms with Gasteiger partial charge >= 0.3 is 0 Å². The molecule has 2 rings (SSSR count). The molecule has 0 saturated heterocycles. The average molecular weight is 392 g/mol. The molecule has 0 aliphatic rings. The predicted molar refractivity (Wildman–Crippen MR) is 77.0 cm³/mol. The number of hydrogen-bond donors (Lipinski definition) is 1. The summed E-state index contributed by atoms with van der Waals surface area (Å²) in [5.41, 5.74) is 1.40. The standard InChI is InChI=1S/C14H10Br2F2O/c1-7-2-3-8(10(15)4-7)14(19)9-5-13(18)11(16)6-12(9)17/h2-6,14,19H,1H3. The zero-order valence-corrected chi connectivity index (χ0v) is 13.1. The van der Waals surface area contributed by atoms with Gasteiger partial charge in [0, 0.05) is 10.0 Å². The minimum absolute atomic E-state index is 0.0314. The quantitative estimate of drug-likeness (QED) is 0.723. The largest absolute Gasteiger partial charge is 0.384 e. The minimum Gasteiger partial charge on any atom is -0.384 e. The fraction of sp³-hybridized carbons (Fsp3) is 0.143. The summed E-state index contributed by atoms with van der Waals surface area (Å²) in [6.45, 7) is 1.90. The highest BCUT2D eigenvalue weighted by Crippen LogP contribution is 2.32. The van der Waals surface area contributed by atoms with Gasteiger partial charge in [0.15, 0.2) is 0 Å². The molecule has 0 spiro atoms. The monoisotopic (exact) mass is 390 g/mol. The molecule has 19 heavy (non-hydrogen) atoms. The molecule has 2 aromatic carbocycles. The van der Waals surface area contributed by atoms with Crippen molar-refractivity contribution in [3.8, 4) is 0 Å². The van der Waals surface area contributed by atoms with Crippen molar-refractivity contribution in [1.82, 2.24) is 0 Å². The third kappa shape index (κ3) is 3.04. The second-order valence-corrected chi connectivity index (χ2v) is 5.92. The molecular formula is C14H10Br2F2O. The Morgan fingerprint density at radius 2 is 1.63 bits per heavy atom. The van der Waals surface area contributed by atoms with Gasteiger partial charge in [0.1, 0.15) is 17.7 Å². The highest BCUT2D eigenvalue weighted by molar-refractivity contribution is 9.10. The molecule has 1 N–H and O–H groups in total. The molecule has 1 unspecified atom stereocenters. The molecule has 0 heterocycles. The summed E-state index contributed by atoms with van der Waals surface area (Å²) in [6.07, 6.45) is -1.22. The highest BCUT2D eigenvalue weighted by atomic mass is 79.9. The van der Waals surface area contributed by atoms with Crippen LogP contribution in [0.5, 0.6) is 0 Å². The topological polar surface area (TPSA) is 20.2 Å². The lowest BCUT2D eigenvalue weighted by atomic mass is 10.00. The van der Waals surface area contributed by atoms with E-state index < -0.39 is 17.7 Å². The van der Waals surface area contributed by atoms with Crippen molar-refractivity contribution in [2.45, 2.75) is 13.0 Å². The van der Waals surface area contributed by atoms with E-state index >= 15 is 0 Å². The summed E-state index contributed by atoms with van der Waals surface area (Å²) in [4.78, 5) is 0. The predicted octanol–water partition coefficient (Wildman–Crippen LogP) is 4.88. The zero-order chi connectivity index (χ0) is 14.2. The van der Waals surface area contributed by atoms with Crippen LogP contribution in [0.1, 0.15) is 22.8 Å². The summed E-state index contributed by atoms with van der Waals surface area (Å²) in [5, 5.41) is 10.2. The van der Waals surface area contributed by atoms with Crippen LogP contribution in [0.15, 0.2) is 39.3 Å². The number of halogens is 4. The van der Waals surface area contributed by atoms with Crippen LogP contribution in [-0.2, 0) is 0 Å². The Bertz CT molecular complexity index is 629. The summed E-state index contributed by atoms with van der Waals surface area (Å²) >= 11 is 6.22. The summed E-state index contributed by atoms with van der Waals surface area (Å²) < 4.78 is 28.0. The first-order valence-corrected chi connectivity index (χ1v) is 7.07. The van der Waals surface area contributed by atoms with Crippen molar-refractivity contribution in [2.75, 3.05) is 0 Å². The number of aliphatic hydroxyl groups excluding tert-OH is 1. The fourth-order valence-corrected chi connectivity index (χ4v) is 2.79. The van der Waals surface area contributed by atoms with Crippen LogP contribution in [-0.4, -0.2) is 5.11 Å². The van der Waals surface area contributed by atoms with Crippen LogP contribution in [0, 0.1) is 18.6 Å². The number of benzene rings is 2. The maximum atomic E-state index is 13.8. The van der Waals surface area contributed by atoms with Gasteiger partial charge in [0.2, 0.25) is 0 Å². The Labute approximate surface area is 126 Å². The molecule has 0 bridgehead atoms. The zero-order valence-electron chi connectivity index (χ0n) is 9.92. The maximum absolute atomic E-state index is 13.8. The smallest absolute Gasteiger partial charge is 0.137 e. The summed E-state index contributed by atoms with van der Waals surface area (Å²) in [6, 6.07) is 7.30. The molecule has 0 aromatic heterocycles. The SMILES string of the molecule is Cc1ccc(C(O)c2cc(F)c(Br)cc2F)c(Br)c1. The van der Waals surface area contributed by atoms with Crippen LogP contribution in [0.2, 0.25) is 0 Å². The number of aryl methyl sites for hydroxylation is 1. The van der Waals surface area contributed by atoms with Gasteiger partial charge in [-0.05, 0) is 52.2 Å². The van der Waals surface area contributed by atoms with Gasteiger partial charge in [0.25, 0.3) is 0 Å². The molecule has 0 fully saturated rings. The second kappa shape index (κ2) is 5.69. The Kier molecular flexibility index (Phi) is 4.38. The van der Waals surface area contributed by atoms with Crippen LogP contribution in [0.3, 0.4) is 0 Å². The lowest BCUT2D eigenvalue weighted by molar-refractivity contribution is 0.213. The third-order valence-corrected chi connectivity index (χ3v) is 4.08. The van der Waals surface area contributed by atoms with Crippen molar-refractivity contribution in [3.05, 3.63) is 67.6 Å². The van der Waals surface area contributed by atoms with Gasteiger partial charge in [-0.2, -0.15) is 0 Å². The van der Waals surface area contributed by atoms with Crippen LogP contribution < -0.4 is 0 Å². The Morgan fingerprint density at radius 3 is 2.26 bits per heavy atom. The van der Waals surface area contributed by atoms with Crippen molar-refractivity contribution >= 4 is 31.9 Å². The van der Waals surface area contributed by atoms with Gasteiger partial charge in [-0.15, -0.1) is 0 Å².